The summed E-state index contributed by atoms with van der Waals surface area (Å²) >= 11 is 0. The molecule has 0 aliphatic rings. The van der Waals surface area contributed by atoms with Crippen molar-refractivity contribution in [2.24, 2.45) is 0 Å². The van der Waals surface area contributed by atoms with Gasteiger partial charge in [-0.05, 0) is 31.5 Å². The predicted molar refractivity (Wildman–Crippen MR) is 80.5 cm³/mol. The second kappa shape index (κ2) is 7.65. The molecule has 0 saturated heterocycles. The van der Waals surface area contributed by atoms with Gasteiger partial charge in [0, 0.05) is 32.2 Å². The average Bonchev–Trinajstić information content (AvgIpc) is 2.43. The topological polar surface area (TPSA) is 61.4 Å². The Kier molecular flexibility index (Phi) is 6.18. The molecule has 2 amide bonds. The lowest BCUT2D eigenvalue weighted by molar-refractivity contribution is -0.128. The molecule has 1 unspecified atom stereocenters. The van der Waals surface area contributed by atoms with Crippen LogP contribution in [0.15, 0.2) is 24.3 Å². The van der Waals surface area contributed by atoms with Crippen LogP contribution in [0, 0.1) is 0 Å². The first-order valence-corrected chi connectivity index (χ1v) is 6.79. The van der Waals surface area contributed by atoms with Gasteiger partial charge >= 0.3 is 0 Å². The van der Waals surface area contributed by atoms with Gasteiger partial charge in [-0.2, -0.15) is 0 Å². The van der Waals surface area contributed by atoms with E-state index in [1.165, 1.54) is 6.92 Å². The fraction of sp³-hybridized carbons (Fsp3) is 0.467. The van der Waals surface area contributed by atoms with Crippen molar-refractivity contribution < 1.29 is 9.59 Å². The minimum Gasteiger partial charge on any atom is -0.345 e. The van der Waals surface area contributed by atoms with Gasteiger partial charge in [0.05, 0.1) is 6.54 Å². The zero-order chi connectivity index (χ0) is 15.1. The number of carbonyl (C=O) groups excluding carboxylic acids is 2. The van der Waals surface area contributed by atoms with Crippen LogP contribution in [0.5, 0.6) is 0 Å². The number of benzene rings is 1. The third kappa shape index (κ3) is 5.01. The van der Waals surface area contributed by atoms with Crippen LogP contribution >= 0.6 is 0 Å². The first kappa shape index (κ1) is 16.2. The largest absolute Gasteiger partial charge is 0.345 e. The monoisotopic (exact) mass is 277 g/mol. The Hall–Kier alpha value is -1.88. The third-order valence-electron chi connectivity index (χ3n) is 3.17. The Balaban J connectivity index is 2.61. The van der Waals surface area contributed by atoms with Crippen molar-refractivity contribution in [3.63, 3.8) is 0 Å². The highest BCUT2D eigenvalue weighted by molar-refractivity contribution is 5.88. The van der Waals surface area contributed by atoms with Crippen molar-refractivity contribution in [3.05, 3.63) is 29.8 Å². The quantitative estimate of drug-likeness (QED) is 0.833. The van der Waals surface area contributed by atoms with Gasteiger partial charge < -0.3 is 15.5 Å². The van der Waals surface area contributed by atoms with Crippen LogP contribution in [0.2, 0.25) is 0 Å². The Morgan fingerprint density at radius 1 is 1.35 bits per heavy atom. The number of amides is 2. The summed E-state index contributed by atoms with van der Waals surface area (Å²) in [6.07, 6.45) is 0. The van der Waals surface area contributed by atoms with Crippen LogP contribution in [0.1, 0.15) is 32.4 Å². The zero-order valence-corrected chi connectivity index (χ0v) is 12.6. The molecule has 0 bridgehead atoms. The highest BCUT2D eigenvalue weighted by Gasteiger charge is 2.10. The highest BCUT2D eigenvalue weighted by Crippen LogP contribution is 2.17. The third-order valence-corrected chi connectivity index (χ3v) is 3.17. The molecule has 0 aliphatic carbocycles. The number of hydrogen-bond acceptors (Lipinski definition) is 3. The van der Waals surface area contributed by atoms with Crippen LogP contribution in [0.4, 0.5) is 5.69 Å². The Morgan fingerprint density at radius 3 is 2.65 bits per heavy atom. The number of anilines is 1. The summed E-state index contributed by atoms with van der Waals surface area (Å²) in [7, 11) is 1.78. The van der Waals surface area contributed by atoms with Crippen LogP contribution in [-0.4, -0.2) is 36.9 Å². The standard InChI is InChI=1S/C15H23N3O2/c1-5-18(4)15(20)10-16-11(2)13-7-6-8-14(9-13)17-12(3)19/h6-9,11,16H,5,10H2,1-4H3,(H,17,19). The summed E-state index contributed by atoms with van der Waals surface area (Å²) in [5.74, 6) is -0.0279. The van der Waals surface area contributed by atoms with Crippen molar-refractivity contribution in [2.45, 2.75) is 26.8 Å². The van der Waals surface area contributed by atoms with Crippen molar-refractivity contribution in [1.29, 1.82) is 0 Å². The maximum Gasteiger partial charge on any atom is 0.236 e. The van der Waals surface area contributed by atoms with Crippen molar-refractivity contribution in [1.82, 2.24) is 10.2 Å². The summed E-state index contributed by atoms with van der Waals surface area (Å²) in [4.78, 5) is 24.4. The molecule has 0 aliphatic heterocycles. The zero-order valence-electron chi connectivity index (χ0n) is 12.6. The number of nitrogens with one attached hydrogen (secondary N) is 2. The molecule has 2 N–H and O–H groups in total. The van der Waals surface area contributed by atoms with Crippen molar-refractivity contribution in [2.75, 3.05) is 25.5 Å². The fourth-order valence-corrected chi connectivity index (χ4v) is 1.76. The van der Waals surface area contributed by atoms with E-state index in [1.807, 2.05) is 38.1 Å². The summed E-state index contributed by atoms with van der Waals surface area (Å²) in [5.41, 5.74) is 1.80. The lowest BCUT2D eigenvalue weighted by atomic mass is 10.1. The summed E-state index contributed by atoms with van der Waals surface area (Å²) in [5, 5.41) is 5.94. The minimum absolute atomic E-state index is 0.0397. The average molecular weight is 277 g/mol. The molecule has 0 radical (unpaired) electrons. The summed E-state index contributed by atoms with van der Waals surface area (Å²) in [6, 6.07) is 7.65. The Morgan fingerprint density at radius 2 is 2.05 bits per heavy atom. The Bertz CT molecular complexity index is 474. The lowest BCUT2D eigenvalue weighted by Crippen LogP contribution is -2.36. The van der Waals surface area contributed by atoms with Gasteiger partial charge in [-0.25, -0.2) is 0 Å². The molecule has 5 nitrogen and oxygen atoms in total. The van der Waals surface area contributed by atoms with Crippen LogP contribution in [-0.2, 0) is 9.59 Å². The van der Waals surface area contributed by atoms with Gasteiger partial charge in [0.15, 0.2) is 0 Å². The number of rotatable bonds is 6. The highest BCUT2D eigenvalue weighted by atomic mass is 16.2. The normalized spacial score (nSPS) is 11.8. The molecule has 1 aromatic rings. The first-order chi connectivity index (χ1) is 9.43. The van der Waals surface area contributed by atoms with Gasteiger partial charge in [0.25, 0.3) is 0 Å². The second-order valence-corrected chi connectivity index (χ2v) is 4.82. The maximum atomic E-state index is 11.7. The summed E-state index contributed by atoms with van der Waals surface area (Å²) < 4.78 is 0. The molecule has 0 saturated carbocycles. The molecule has 5 heteroatoms. The molecular weight excluding hydrogens is 254 g/mol. The number of hydrogen-bond donors (Lipinski definition) is 2. The van der Waals surface area contributed by atoms with E-state index in [9.17, 15) is 9.59 Å². The number of likely N-dealkylation sites (N-methyl/N-ethyl adjacent to an activating group) is 1. The van der Waals surface area contributed by atoms with Gasteiger partial charge in [0.1, 0.15) is 0 Å². The van der Waals surface area contributed by atoms with E-state index in [4.69, 9.17) is 0 Å². The molecule has 1 atom stereocenters. The first-order valence-electron chi connectivity index (χ1n) is 6.79. The molecule has 1 aromatic carbocycles. The van der Waals surface area contributed by atoms with Crippen molar-refractivity contribution in [3.8, 4) is 0 Å². The minimum atomic E-state index is -0.0949. The van der Waals surface area contributed by atoms with Crippen LogP contribution in [0.3, 0.4) is 0 Å². The SMILES string of the molecule is CCN(C)C(=O)CNC(C)c1cccc(NC(C)=O)c1. The molecule has 0 fully saturated rings. The number of carbonyl (C=O) groups is 2. The van der Waals surface area contributed by atoms with E-state index in [2.05, 4.69) is 10.6 Å². The molecule has 0 aromatic heterocycles. The molecule has 0 spiro atoms. The van der Waals surface area contributed by atoms with E-state index >= 15 is 0 Å². The van der Waals surface area contributed by atoms with E-state index in [0.29, 0.717) is 13.1 Å². The predicted octanol–water partition coefficient (Wildman–Crippen LogP) is 1.77. The molecule has 0 heterocycles. The lowest BCUT2D eigenvalue weighted by Gasteiger charge is -2.18. The Labute approximate surface area is 120 Å². The fourth-order valence-electron chi connectivity index (χ4n) is 1.76. The van der Waals surface area contributed by atoms with E-state index < -0.39 is 0 Å². The van der Waals surface area contributed by atoms with E-state index in [-0.39, 0.29) is 17.9 Å². The second-order valence-electron chi connectivity index (χ2n) is 4.82. The molecular formula is C15H23N3O2. The van der Waals surface area contributed by atoms with Gasteiger partial charge in [-0.15, -0.1) is 0 Å². The van der Waals surface area contributed by atoms with Crippen LogP contribution in [0.25, 0.3) is 0 Å². The van der Waals surface area contributed by atoms with Crippen molar-refractivity contribution >= 4 is 17.5 Å². The molecule has 20 heavy (non-hydrogen) atoms. The van der Waals surface area contributed by atoms with Gasteiger partial charge in [-0.1, -0.05) is 12.1 Å². The molecule has 110 valence electrons. The van der Waals surface area contributed by atoms with E-state index in [0.717, 1.165) is 11.3 Å². The number of nitrogens with zero attached hydrogens (tertiary/aromatic N) is 1. The van der Waals surface area contributed by atoms with Gasteiger partial charge in [0.2, 0.25) is 11.8 Å². The van der Waals surface area contributed by atoms with E-state index in [1.54, 1.807) is 11.9 Å². The van der Waals surface area contributed by atoms with Crippen LogP contribution < -0.4 is 10.6 Å². The molecule has 1 rings (SSSR count). The maximum absolute atomic E-state index is 11.7. The smallest absolute Gasteiger partial charge is 0.236 e. The summed E-state index contributed by atoms with van der Waals surface area (Å²) in [6.45, 7) is 6.42. The van der Waals surface area contributed by atoms with Gasteiger partial charge in [-0.3, -0.25) is 9.59 Å².